The van der Waals surface area contributed by atoms with Gasteiger partial charge in [0.15, 0.2) is 12.4 Å². The number of hydrogen-bond donors (Lipinski definition) is 1. The van der Waals surface area contributed by atoms with E-state index in [0.29, 0.717) is 6.54 Å². The van der Waals surface area contributed by atoms with E-state index in [2.05, 4.69) is 36.2 Å². The summed E-state index contributed by atoms with van der Waals surface area (Å²) in [4.78, 5) is 25.0. The number of nitro benzene ring substituents is 1. The average Bonchev–Trinajstić information content (AvgIpc) is 2.72. The van der Waals surface area contributed by atoms with Crippen LogP contribution in [0.3, 0.4) is 0 Å². The second kappa shape index (κ2) is 11.0. The molecule has 7 heteroatoms. The van der Waals surface area contributed by atoms with Crippen LogP contribution in [0.5, 0.6) is 5.75 Å². The maximum absolute atomic E-state index is 12.2. The molecule has 0 heterocycles. The Balaban J connectivity index is 1.93. The average molecular weight is 385 g/mol. The van der Waals surface area contributed by atoms with Gasteiger partial charge in [-0.2, -0.15) is 0 Å². The molecule has 150 valence electrons. The number of carbonyl (C=O) groups excluding carboxylic acids is 1. The topological polar surface area (TPSA) is 84.7 Å². The predicted molar refractivity (Wildman–Crippen MR) is 108 cm³/mol. The molecule has 0 aliphatic heterocycles. The summed E-state index contributed by atoms with van der Waals surface area (Å²) >= 11 is 0. The van der Waals surface area contributed by atoms with Gasteiger partial charge in [-0.25, -0.2) is 0 Å². The molecule has 0 saturated carbocycles. The Hall–Kier alpha value is -2.93. The van der Waals surface area contributed by atoms with Crippen molar-refractivity contribution in [1.82, 2.24) is 10.2 Å². The molecule has 0 saturated heterocycles. The molecule has 0 aromatic heterocycles. The van der Waals surface area contributed by atoms with Gasteiger partial charge in [0, 0.05) is 18.7 Å². The van der Waals surface area contributed by atoms with Crippen molar-refractivity contribution in [3.8, 4) is 5.75 Å². The summed E-state index contributed by atoms with van der Waals surface area (Å²) in [5.74, 6) is -0.212. The van der Waals surface area contributed by atoms with Gasteiger partial charge < -0.3 is 10.1 Å². The van der Waals surface area contributed by atoms with E-state index in [1.807, 2.05) is 18.2 Å². The SMILES string of the molecule is CCN(CC)C(CNC(=O)COc1ccccc1[N+](=O)[O-])Cc1ccccc1. The first-order valence-electron chi connectivity index (χ1n) is 9.46. The minimum absolute atomic E-state index is 0.0900. The molecule has 0 radical (unpaired) electrons. The number of nitro groups is 1. The maximum atomic E-state index is 12.2. The number of ether oxygens (including phenoxy) is 1. The van der Waals surface area contributed by atoms with Crippen molar-refractivity contribution >= 4 is 11.6 Å². The van der Waals surface area contributed by atoms with Crippen molar-refractivity contribution in [2.24, 2.45) is 0 Å². The number of hydrogen-bond acceptors (Lipinski definition) is 5. The lowest BCUT2D eigenvalue weighted by molar-refractivity contribution is -0.385. The monoisotopic (exact) mass is 385 g/mol. The van der Waals surface area contributed by atoms with Crippen LogP contribution in [0.25, 0.3) is 0 Å². The third-order valence-electron chi connectivity index (χ3n) is 4.60. The van der Waals surface area contributed by atoms with Crippen LogP contribution in [-0.4, -0.2) is 48.0 Å². The van der Waals surface area contributed by atoms with Crippen LogP contribution in [0.2, 0.25) is 0 Å². The van der Waals surface area contributed by atoms with Crippen molar-refractivity contribution in [1.29, 1.82) is 0 Å². The lowest BCUT2D eigenvalue weighted by Gasteiger charge is -2.30. The van der Waals surface area contributed by atoms with Crippen LogP contribution in [0, 0.1) is 10.1 Å². The fourth-order valence-corrected chi connectivity index (χ4v) is 3.11. The van der Waals surface area contributed by atoms with E-state index in [1.165, 1.54) is 17.7 Å². The van der Waals surface area contributed by atoms with Gasteiger partial charge in [0.2, 0.25) is 0 Å². The molecule has 0 aliphatic rings. The second-order valence-electron chi connectivity index (χ2n) is 6.38. The highest BCUT2D eigenvalue weighted by Gasteiger charge is 2.19. The molecule has 0 bridgehead atoms. The highest BCUT2D eigenvalue weighted by molar-refractivity contribution is 5.77. The molecule has 1 N–H and O–H groups in total. The Morgan fingerprint density at radius 2 is 1.75 bits per heavy atom. The smallest absolute Gasteiger partial charge is 0.310 e. The van der Waals surface area contributed by atoms with Gasteiger partial charge in [0.1, 0.15) is 0 Å². The Labute approximate surface area is 165 Å². The van der Waals surface area contributed by atoms with Crippen LogP contribution in [0.15, 0.2) is 54.6 Å². The molecule has 2 aromatic rings. The van der Waals surface area contributed by atoms with E-state index >= 15 is 0 Å². The third kappa shape index (κ3) is 6.35. The number of para-hydroxylation sites is 2. The summed E-state index contributed by atoms with van der Waals surface area (Å²) < 4.78 is 5.36. The minimum atomic E-state index is -0.524. The maximum Gasteiger partial charge on any atom is 0.310 e. The zero-order valence-electron chi connectivity index (χ0n) is 16.3. The van der Waals surface area contributed by atoms with Crippen LogP contribution in [-0.2, 0) is 11.2 Å². The molecule has 2 rings (SSSR count). The quantitative estimate of drug-likeness (QED) is 0.475. The van der Waals surface area contributed by atoms with Crippen LogP contribution >= 0.6 is 0 Å². The predicted octanol–water partition coefficient (Wildman–Crippen LogP) is 3.04. The van der Waals surface area contributed by atoms with Gasteiger partial charge in [-0.3, -0.25) is 19.8 Å². The van der Waals surface area contributed by atoms with Crippen LogP contribution in [0.4, 0.5) is 5.69 Å². The molecular weight excluding hydrogens is 358 g/mol. The molecule has 1 amide bonds. The Bertz CT molecular complexity index is 763. The molecule has 7 nitrogen and oxygen atoms in total. The zero-order chi connectivity index (χ0) is 20.4. The second-order valence-corrected chi connectivity index (χ2v) is 6.38. The Morgan fingerprint density at radius 3 is 2.39 bits per heavy atom. The van der Waals surface area contributed by atoms with Gasteiger partial charge in [-0.15, -0.1) is 0 Å². The highest BCUT2D eigenvalue weighted by Crippen LogP contribution is 2.25. The number of likely N-dealkylation sites (N-methyl/N-ethyl adjacent to an activating group) is 1. The van der Waals surface area contributed by atoms with Crippen molar-refractivity contribution < 1.29 is 14.5 Å². The summed E-state index contributed by atoms with van der Waals surface area (Å²) in [6.07, 6.45) is 0.827. The van der Waals surface area contributed by atoms with Gasteiger partial charge in [0.05, 0.1) is 4.92 Å². The summed E-state index contributed by atoms with van der Waals surface area (Å²) in [5.41, 5.74) is 1.06. The van der Waals surface area contributed by atoms with Gasteiger partial charge in [-0.05, 0) is 31.1 Å². The molecular formula is C21H27N3O4. The normalized spacial score (nSPS) is 11.8. The molecule has 0 spiro atoms. The first-order chi connectivity index (χ1) is 13.5. The Morgan fingerprint density at radius 1 is 1.11 bits per heavy atom. The summed E-state index contributed by atoms with van der Waals surface area (Å²) in [6.45, 7) is 6.19. The summed E-state index contributed by atoms with van der Waals surface area (Å²) in [6, 6.07) is 16.3. The van der Waals surface area contributed by atoms with Crippen LogP contribution < -0.4 is 10.1 Å². The van der Waals surface area contributed by atoms with Gasteiger partial charge in [-0.1, -0.05) is 56.3 Å². The highest BCUT2D eigenvalue weighted by atomic mass is 16.6. The first kappa shape index (κ1) is 21.4. The number of nitrogens with zero attached hydrogens (tertiary/aromatic N) is 2. The molecule has 1 unspecified atom stereocenters. The van der Waals surface area contributed by atoms with E-state index in [4.69, 9.17) is 4.74 Å². The van der Waals surface area contributed by atoms with Crippen molar-refractivity contribution in [3.63, 3.8) is 0 Å². The fraction of sp³-hybridized carbons (Fsp3) is 0.381. The molecule has 1 atom stereocenters. The van der Waals surface area contributed by atoms with Crippen LogP contribution in [0.1, 0.15) is 19.4 Å². The molecule has 2 aromatic carbocycles. The number of rotatable bonds is 11. The van der Waals surface area contributed by atoms with Crippen molar-refractivity contribution in [2.75, 3.05) is 26.2 Å². The van der Waals surface area contributed by atoms with E-state index in [0.717, 1.165) is 19.5 Å². The summed E-state index contributed by atoms with van der Waals surface area (Å²) in [7, 11) is 0. The van der Waals surface area contributed by atoms with Gasteiger partial charge >= 0.3 is 5.69 Å². The minimum Gasteiger partial charge on any atom is -0.477 e. The summed E-state index contributed by atoms with van der Waals surface area (Å²) in [5, 5.41) is 13.9. The fourth-order valence-electron chi connectivity index (χ4n) is 3.11. The van der Waals surface area contributed by atoms with E-state index in [9.17, 15) is 14.9 Å². The van der Waals surface area contributed by atoms with E-state index in [1.54, 1.807) is 12.1 Å². The standard InChI is InChI=1S/C21H27N3O4/c1-3-23(4-2)18(14-17-10-6-5-7-11-17)15-22-21(25)16-28-20-13-9-8-12-19(20)24(26)27/h5-13,18H,3-4,14-16H2,1-2H3,(H,22,25). The lowest BCUT2D eigenvalue weighted by Crippen LogP contribution is -2.46. The lowest BCUT2D eigenvalue weighted by atomic mass is 10.0. The largest absolute Gasteiger partial charge is 0.477 e. The molecule has 0 aliphatic carbocycles. The number of benzene rings is 2. The Kier molecular flexibility index (Phi) is 8.42. The zero-order valence-corrected chi connectivity index (χ0v) is 16.3. The van der Waals surface area contributed by atoms with Gasteiger partial charge in [0.25, 0.3) is 5.91 Å². The molecule has 28 heavy (non-hydrogen) atoms. The number of carbonyl (C=O) groups is 1. The number of amides is 1. The van der Waals surface area contributed by atoms with Crippen molar-refractivity contribution in [3.05, 3.63) is 70.3 Å². The number of nitrogens with one attached hydrogen (secondary N) is 1. The van der Waals surface area contributed by atoms with E-state index < -0.39 is 4.92 Å². The van der Waals surface area contributed by atoms with Crippen molar-refractivity contribution in [2.45, 2.75) is 26.3 Å². The van der Waals surface area contributed by atoms with E-state index in [-0.39, 0.29) is 30.0 Å². The first-order valence-corrected chi connectivity index (χ1v) is 9.46. The molecule has 0 fully saturated rings. The third-order valence-corrected chi connectivity index (χ3v) is 4.60.